The molecule has 2 heterocycles. The van der Waals surface area contributed by atoms with Gasteiger partial charge in [0, 0.05) is 43.2 Å². The molecule has 1 saturated heterocycles. The quantitative estimate of drug-likeness (QED) is 0.281. The van der Waals surface area contributed by atoms with Crippen molar-refractivity contribution in [3.05, 3.63) is 98.4 Å². The molecule has 0 bridgehead atoms. The predicted octanol–water partition coefficient (Wildman–Crippen LogP) is 2.68. The van der Waals surface area contributed by atoms with Gasteiger partial charge in [0.15, 0.2) is 6.61 Å². The number of allylic oxidation sites excluding steroid dienone is 2. The maximum atomic E-state index is 13.7. The number of carbonyl (C=O) groups is 3. The number of carbonyl (C=O) groups excluding carboxylic acids is 3. The van der Waals surface area contributed by atoms with Crippen molar-refractivity contribution in [1.29, 1.82) is 0 Å². The second-order valence-corrected chi connectivity index (χ2v) is 9.57. The number of non-ortho nitro benzene ring substituents is 1. The Bertz CT molecular complexity index is 1350. The average molecular weight is 535 g/mol. The Labute approximate surface area is 225 Å². The summed E-state index contributed by atoms with van der Waals surface area (Å²) in [6, 6.07) is 15.7. The van der Waals surface area contributed by atoms with Crippen LogP contribution in [0, 0.1) is 10.1 Å². The second kappa shape index (κ2) is 11.9. The lowest BCUT2D eigenvalue weighted by molar-refractivity contribution is -0.384. The molecule has 1 fully saturated rings. The number of nitrogens with two attached hydrogens (primary N) is 1. The number of dihydropyridines is 1. The molecule has 0 aliphatic carbocycles. The van der Waals surface area contributed by atoms with Crippen LogP contribution >= 0.6 is 0 Å². The van der Waals surface area contributed by atoms with Gasteiger partial charge in [-0.2, -0.15) is 0 Å². The largest absolute Gasteiger partial charge is 0.458 e. The smallest absolute Gasteiger partial charge is 0.337 e. The van der Waals surface area contributed by atoms with Crippen LogP contribution in [0.4, 0.5) is 5.69 Å². The molecule has 11 nitrogen and oxygen atoms in total. The Balaban J connectivity index is 1.61. The first-order valence-corrected chi connectivity index (χ1v) is 12.5. The van der Waals surface area contributed by atoms with Gasteiger partial charge >= 0.3 is 11.9 Å². The van der Waals surface area contributed by atoms with E-state index in [2.05, 4.69) is 10.2 Å². The Morgan fingerprint density at radius 1 is 1.05 bits per heavy atom. The van der Waals surface area contributed by atoms with Crippen LogP contribution in [0.2, 0.25) is 0 Å². The number of nitrogens with one attached hydrogen (secondary N) is 1. The highest BCUT2D eigenvalue weighted by Gasteiger charge is 2.40. The van der Waals surface area contributed by atoms with Crippen molar-refractivity contribution in [2.75, 3.05) is 19.7 Å². The van der Waals surface area contributed by atoms with Crippen molar-refractivity contribution >= 4 is 23.5 Å². The van der Waals surface area contributed by atoms with Gasteiger partial charge in [-0.1, -0.05) is 42.5 Å². The van der Waals surface area contributed by atoms with Crippen LogP contribution in [0.3, 0.4) is 0 Å². The van der Waals surface area contributed by atoms with Crippen LogP contribution in [-0.2, 0) is 30.4 Å². The molecule has 0 saturated carbocycles. The molecular formula is C28H30N4O7. The number of hydrogen-bond donors (Lipinski definition) is 2. The highest BCUT2D eigenvalue weighted by atomic mass is 16.6. The lowest BCUT2D eigenvalue weighted by Gasteiger charge is -2.31. The maximum absolute atomic E-state index is 13.7. The van der Waals surface area contributed by atoms with E-state index in [0.717, 1.165) is 18.7 Å². The molecule has 2 aromatic carbocycles. The van der Waals surface area contributed by atoms with Crippen LogP contribution in [-0.4, -0.2) is 53.5 Å². The highest BCUT2D eigenvalue weighted by Crippen LogP contribution is 2.40. The summed E-state index contributed by atoms with van der Waals surface area (Å²) in [5.41, 5.74) is 7.42. The van der Waals surface area contributed by atoms with Gasteiger partial charge in [0.1, 0.15) is 6.10 Å². The van der Waals surface area contributed by atoms with Crippen molar-refractivity contribution < 1.29 is 28.8 Å². The van der Waals surface area contributed by atoms with E-state index in [9.17, 15) is 24.5 Å². The summed E-state index contributed by atoms with van der Waals surface area (Å²) in [6.45, 7) is 4.66. The zero-order chi connectivity index (χ0) is 28.1. The monoisotopic (exact) mass is 534 g/mol. The minimum atomic E-state index is -1.03. The number of likely N-dealkylation sites (tertiary alicyclic amines) is 1. The van der Waals surface area contributed by atoms with E-state index in [1.54, 1.807) is 19.9 Å². The molecule has 0 radical (unpaired) electrons. The van der Waals surface area contributed by atoms with Gasteiger partial charge < -0.3 is 20.5 Å². The number of hydrogen-bond acceptors (Lipinski definition) is 9. The molecule has 0 spiro atoms. The van der Waals surface area contributed by atoms with E-state index in [0.29, 0.717) is 29.9 Å². The zero-order valence-electron chi connectivity index (χ0n) is 21.7. The Morgan fingerprint density at radius 3 is 2.41 bits per heavy atom. The summed E-state index contributed by atoms with van der Waals surface area (Å²) < 4.78 is 11.0. The van der Waals surface area contributed by atoms with Crippen molar-refractivity contribution in [3.63, 3.8) is 0 Å². The van der Waals surface area contributed by atoms with E-state index in [-0.39, 0.29) is 22.9 Å². The minimum absolute atomic E-state index is 0.0337. The van der Waals surface area contributed by atoms with E-state index < -0.39 is 35.3 Å². The Kier molecular flexibility index (Phi) is 8.40. The number of nitro benzene ring substituents is 1. The van der Waals surface area contributed by atoms with Crippen LogP contribution in [0.5, 0.6) is 0 Å². The molecule has 11 heteroatoms. The van der Waals surface area contributed by atoms with Crippen LogP contribution in [0.15, 0.2) is 77.1 Å². The van der Waals surface area contributed by atoms with Gasteiger partial charge in [0.2, 0.25) is 0 Å². The third-order valence-corrected chi connectivity index (χ3v) is 6.71. The van der Waals surface area contributed by atoms with E-state index in [4.69, 9.17) is 15.2 Å². The number of nitro groups is 1. The van der Waals surface area contributed by atoms with E-state index in [1.165, 1.54) is 18.2 Å². The molecule has 0 unspecified atom stereocenters. The first-order valence-electron chi connectivity index (χ1n) is 12.5. The van der Waals surface area contributed by atoms with Crippen molar-refractivity contribution in [2.45, 2.75) is 38.8 Å². The summed E-state index contributed by atoms with van der Waals surface area (Å²) in [4.78, 5) is 51.1. The third-order valence-electron chi connectivity index (χ3n) is 6.71. The molecule has 1 amide bonds. The number of benzene rings is 2. The molecule has 4 rings (SSSR count). The van der Waals surface area contributed by atoms with Gasteiger partial charge in [-0.15, -0.1) is 0 Å². The standard InChI is InChI=1S/C28H30N4O7/c1-17-24(27(34)38-16-23(29)33)26(20-9-6-10-21(13-20)32(36)37)25(18(2)30-17)28(35)39-22-11-12-31(15-22)14-19-7-4-3-5-8-19/h3-10,13,22,26,30H,11-12,14-16H2,1-2H3,(H2,29,33)/t22-,26-/m0/s1. The molecule has 3 N–H and O–H groups in total. The summed E-state index contributed by atoms with van der Waals surface area (Å²) in [7, 11) is 0. The molecule has 204 valence electrons. The fourth-order valence-corrected chi connectivity index (χ4v) is 4.99. The molecule has 2 aliphatic heterocycles. The van der Waals surface area contributed by atoms with Gasteiger partial charge in [0.05, 0.1) is 22.0 Å². The minimum Gasteiger partial charge on any atom is -0.458 e. The third kappa shape index (κ3) is 6.50. The van der Waals surface area contributed by atoms with Gasteiger partial charge in [-0.05, 0) is 31.4 Å². The fraction of sp³-hybridized carbons (Fsp3) is 0.321. The fourth-order valence-electron chi connectivity index (χ4n) is 4.99. The predicted molar refractivity (Wildman–Crippen MR) is 141 cm³/mol. The van der Waals surface area contributed by atoms with Gasteiger partial charge in [0.25, 0.3) is 11.6 Å². The van der Waals surface area contributed by atoms with Crippen LogP contribution < -0.4 is 11.1 Å². The average Bonchev–Trinajstić information content (AvgIpc) is 3.33. The number of primary amides is 1. The Hall–Kier alpha value is -4.51. The first kappa shape index (κ1) is 27.5. The number of ether oxygens (including phenoxy) is 2. The molecule has 2 aromatic rings. The summed E-state index contributed by atoms with van der Waals surface area (Å²) >= 11 is 0. The molecule has 0 aromatic heterocycles. The molecule has 39 heavy (non-hydrogen) atoms. The van der Waals surface area contributed by atoms with E-state index in [1.807, 2.05) is 30.3 Å². The van der Waals surface area contributed by atoms with Crippen LogP contribution in [0.25, 0.3) is 0 Å². The lowest BCUT2D eigenvalue weighted by atomic mass is 9.80. The normalized spacial score (nSPS) is 19.4. The van der Waals surface area contributed by atoms with Crippen molar-refractivity contribution in [3.8, 4) is 0 Å². The Morgan fingerprint density at radius 2 is 1.74 bits per heavy atom. The maximum Gasteiger partial charge on any atom is 0.337 e. The summed E-state index contributed by atoms with van der Waals surface area (Å²) in [6.07, 6.45) is 0.270. The SMILES string of the molecule is CC1=C(C(=O)OCC(N)=O)[C@H](c2cccc([N+](=O)[O-])c2)C(C(=O)O[C@H]2CCN(Cc3ccccc3)C2)=C(C)N1. The van der Waals surface area contributed by atoms with Crippen molar-refractivity contribution in [1.82, 2.24) is 10.2 Å². The summed E-state index contributed by atoms with van der Waals surface area (Å²) in [5.74, 6) is -3.38. The highest BCUT2D eigenvalue weighted by molar-refractivity contribution is 6.00. The zero-order valence-corrected chi connectivity index (χ0v) is 21.7. The number of esters is 2. The number of amides is 1. The van der Waals surface area contributed by atoms with Gasteiger partial charge in [-0.3, -0.25) is 19.8 Å². The molecule has 2 atom stereocenters. The van der Waals surface area contributed by atoms with E-state index >= 15 is 0 Å². The lowest BCUT2D eigenvalue weighted by Crippen LogP contribution is -2.35. The molecule has 2 aliphatic rings. The number of nitrogens with zero attached hydrogens (tertiary/aromatic N) is 2. The summed E-state index contributed by atoms with van der Waals surface area (Å²) in [5, 5.41) is 14.5. The first-order chi connectivity index (χ1) is 18.6. The molecular weight excluding hydrogens is 504 g/mol. The van der Waals surface area contributed by atoms with Crippen molar-refractivity contribution in [2.24, 2.45) is 5.73 Å². The second-order valence-electron chi connectivity index (χ2n) is 9.57. The van der Waals surface area contributed by atoms with Gasteiger partial charge in [-0.25, -0.2) is 9.59 Å². The topological polar surface area (TPSA) is 154 Å². The van der Waals surface area contributed by atoms with Crippen LogP contribution in [0.1, 0.15) is 37.3 Å². The number of rotatable bonds is 9.